The van der Waals surface area contributed by atoms with E-state index >= 15 is 0 Å². The summed E-state index contributed by atoms with van der Waals surface area (Å²) in [6, 6.07) is 61.2. The molecule has 0 saturated carbocycles. The van der Waals surface area contributed by atoms with Crippen molar-refractivity contribution in [2.75, 3.05) is 0 Å². The summed E-state index contributed by atoms with van der Waals surface area (Å²) in [4.78, 5) is 11.3. The second kappa shape index (κ2) is 12.5. The van der Waals surface area contributed by atoms with Crippen molar-refractivity contribution < 1.29 is 4.42 Å². The second-order valence-electron chi connectivity index (χ2n) is 15.6. The predicted molar refractivity (Wildman–Crippen MR) is 235 cm³/mol. The first-order valence-corrected chi connectivity index (χ1v) is 19.9. The lowest BCUT2D eigenvalue weighted by molar-refractivity contribution is 0.631. The highest BCUT2D eigenvalue weighted by atomic mass is 16.3. The van der Waals surface area contributed by atoms with Crippen LogP contribution >= 0.6 is 0 Å². The van der Waals surface area contributed by atoms with E-state index in [-0.39, 0.29) is 11.8 Å². The van der Waals surface area contributed by atoms with Gasteiger partial charge in [-0.3, -0.25) is 0 Å². The van der Waals surface area contributed by atoms with Gasteiger partial charge in [0.25, 0.3) is 0 Å². The summed E-state index contributed by atoms with van der Waals surface area (Å²) in [5.74, 6) is 0.00184. The largest absolute Gasteiger partial charge is 0.456 e. The van der Waals surface area contributed by atoms with Gasteiger partial charge in [0.1, 0.15) is 11.2 Å². The van der Waals surface area contributed by atoms with Crippen molar-refractivity contribution in [2.24, 2.45) is 0 Å². The van der Waals surface area contributed by atoms with Gasteiger partial charge >= 0.3 is 0 Å². The minimum atomic E-state index is -0.0748. The van der Waals surface area contributed by atoms with Gasteiger partial charge in [-0.2, -0.15) is 0 Å². The monoisotopic (exact) mass is 728 g/mol. The molecule has 10 aromatic rings. The maximum Gasteiger partial charge on any atom is 0.135 e. The number of rotatable bonds is 3. The molecular weight excluding hydrogens is 693 g/mol. The average molecular weight is 729 g/mol. The average Bonchev–Trinajstić information content (AvgIpc) is 3.63. The highest BCUT2D eigenvalue weighted by Gasteiger charge is 2.38. The summed E-state index contributed by atoms with van der Waals surface area (Å²) in [5, 5.41) is 4.77. The Bertz CT molecular complexity index is 3300. The van der Waals surface area contributed by atoms with Crippen LogP contribution in [0.25, 0.3) is 88.9 Å². The molecule has 2 heterocycles. The van der Waals surface area contributed by atoms with Gasteiger partial charge in [0.05, 0.1) is 22.4 Å². The molecule has 12 rings (SSSR count). The number of fused-ring (bicyclic) bond motifs is 12. The van der Waals surface area contributed by atoms with Crippen LogP contribution in [0.3, 0.4) is 0 Å². The van der Waals surface area contributed by atoms with Gasteiger partial charge in [-0.25, -0.2) is 9.97 Å². The number of aromatic nitrogens is 2. The molecule has 3 nitrogen and oxygen atoms in total. The van der Waals surface area contributed by atoms with E-state index in [1.165, 1.54) is 66.4 Å². The number of hydrogen-bond acceptors (Lipinski definition) is 3. The summed E-state index contributed by atoms with van der Waals surface area (Å²) >= 11 is 0. The summed E-state index contributed by atoms with van der Waals surface area (Å²) in [6.07, 6.45) is 3.18. The van der Waals surface area contributed by atoms with Crippen LogP contribution in [-0.4, -0.2) is 9.97 Å². The molecule has 2 unspecified atom stereocenters. The number of allylic oxidation sites excluding steroid dienone is 1. The van der Waals surface area contributed by atoms with Crippen LogP contribution in [-0.2, 0) is 6.42 Å². The zero-order chi connectivity index (χ0) is 37.6. The van der Waals surface area contributed by atoms with E-state index in [2.05, 4.69) is 177 Å². The van der Waals surface area contributed by atoms with Crippen molar-refractivity contribution in [1.82, 2.24) is 9.97 Å². The molecule has 8 aromatic carbocycles. The third-order valence-corrected chi connectivity index (χ3v) is 12.5. The Labute approximate surface area is 330 Å². The molecule has 0 spiro atoms. The van der Waals surface area contributed by atoms with Crippen LogP contribution in [0, 0.1) is 0 Å². The Morgan fingerprint density at radius 1 is 0.526 bits per heavy atom. The second-order valence-corrected chi connectivity index (χ2v) is 15.6. The van der Waals surface area contributed by atoms with Crippen molar-refractivity contribution in [3.63, 3.8) is 0 Å². The lowest BCUT2D eigenvalue weighted by Gasteiger charge is -2.35. The molecule has 0 radical (unpaired) electrons. The van der Waals surface area contributed by atoms with Gasteiger partial charge in [-0.1, -0.05) is 153 Å². The molecule has 3 heteroatoms. The van der Waals surface area contributed by atoms with E-state index < -0.39 is 0 Å². The summed E-state index contributed by atoms with van der Waals surface area (Å²) in [5.41, 5.74) is 19.4. The van der Waals surface area contributed by atoms with Gasteiger partial charge < -0.3 is 4.42 Å². The topological polar surface area (TPSA) is 38.9 Å². The van der Waals surface area contributed by atoms with E-state index in [1.54, 1.807) is 0 Å². The fraction of sp³-hybridized carbons (Fsp3) is 0.0741. The maximum absolute atomic E-state index is 6.54. The summed E-state index contributed by atoms with van der Waals surface area (Å²) in [6.45, 7) is 2.37. The SMILES string of the molecule is CC1c2cc3oc4ccccc4c3cc2-c2c(ccc3ccccc23)C1c1nc2ccccc2nc1-c1cccc2c1-c1ccccc1/C(=C\c1ccccc1)C2. The van der Waals surface area contributed by atoms with Gasteiger partial charge in [0.15, 0.2) is 0 Å². The van der Waals surface area contributed by atoms with E-state index in [1.807, 2.05) is 6.07 Å². The van der Waals surface area contributed by atoms with E-state index in [9.17, 15) is 0 Å². The first-order valence-electron chi connectivity index (χ1n) is 19.9. The Balaban J connectivity index is 1.13. The highest BCUT2D eigenvalue weighted by Crippen LogP contribution is 2.55. The number of para-hydroxylation sites is 3. The minimum Gasteiger partial charge on any atom is -0.456 e. The Morgan fingerprint density at radius 3 is 2.12 bits per heavy atom. The molecule has 2 atom stereocenters. The molecule has 0 fully saturated rings. The Hall–Kier alpha value is -7.10. The first kappa shape index (κ1) is 32.2. The van der Waals surface area contributed by atoms with Crippen LogP contribution in [0.2, 0.25) is 0 Å². The van der Waals surface area contributed by atoms with Crippen LogP contribution in [0.5, 0.6) is 0 Å². The molecular formula is C54H36N2O. The summed E-state index contributed by atoms with van der Waals surface area (Å²) in [7, 11) is 0. The predicted octanol–water partition coefficient (Wildman–Crippen LogP) is 14.0. The van der Waals surface area contributed by atoms with E-state index in [4.69, 9.17) is 14.4 Å². The third kappa shape index (κ3) is 4.92. The highest BCUT2D eigenvalue weighted by molar-refractivity contribution is 6.10. The van der Waals surface area contributed by atoms with Gasteiger partial charge in [0, 0.05) is 22.3 Å². The fourth-order valence-electron chi connectivity index (χ4n) is 9.91. The van der Waals surface area contributed by atoms with E-state index in [0.29, 0.717) is 0 Å². The molecule has 0 aliphatic heterocycles. The smallest absolute Gasteiger partial charge is 0.135 e. The Kier molecular flexibility index (Phi) is 7.03. The normalized spacial score (nSPS) is 16.5. The maximum atomic E-state index is 6.54. The number of nitrogens with zero attached hydrogens (tertiary/aromatic N) is 2. The quantitative estimate of drug-likeness (QED) is 0.182. The zero-order valence-corrected chi connectivity index (χ0v) is 31.4. The minimum absolute atomic E-state index is 0.0748. The molecule has 2 aliphatic rings. The molecule has 2 aliphatic carbocycles. The molecule has 268 valence electrons. The van der Waals surface area contributed by atoms with Crippen LogP contribution in [0.4, 0.5) is 0 Å². The molecule has 0 N–H and O–H groups in total. The lowest BCUT2D eigenvalue weighted by atomic mass is 9.68. The third-order valence-electron chi connectivity index (χ3n) is 12.5. The van der Waals surface area contributed by atoms with Crippen molar-refractivity contribution in [2.45, 2.75) is 25.2 Å². The number of benzene rings is 8. The molecule has 0 bridgehead atoms. The fourth-order valence-corrected chi connectivity index (χ4v) is 9.91. The molecule has 0 saturated heterocycles. The molecule has 0 amide bonds. The van der Waals surface area contributed by atoms with Gasteiger partial charge in [-0.15, -0.1) is 0 Å². The van der Waals surface area contributed by atoms with Gasteiger partial charge in [0.2, 0.25) is 0 Å². The van der Waals surface area contributed by atoms with E-state index in [0.717, 1.165) is 56.3 Å². The van der Waals surface area contributed by atoms with Gasteiger partial charge in [-0.05, 0) is 109 Å². The number of hydrogen-bond donors (Lipinski definition) is 0. The van der Waals surface area contributed by atoms with Crippen LogP contribution in [0.1, 0.15) is 52.3 Å². The number of furan rings is 1. The molecule has 57 heavy (non-hydrogen) atoms. The zero-order valence-electron chi connectivity index (χ0n) is 31.4. The van der Waals surface area contributed by atoms with Crippen molar-refractivity contribution in [3.05, 3.63) is 203 Å². The molecule has 2 aromatic heterocycles. The van der Waals surface area contributed by atoms with Crippen LogP contribution < -0.4 is 0 Å². The first-order chi connectivity index (χ1) is 28.2. The van der Waals surface area contributed by atoms with Crippen molar-refractivity contribution in [3.8, 4) is 33.5 Å². The Morgan fingerprint density at radius 2 is 1.25 bits per heavy atom. The summed E-state index contributed by atoms with van der Waals surface area (Å²) < 4.78 is 6.54. The van der Waals surface area contributed by atoms with Crippen molar-refractivity contribution in [1.29, 1.82) is 0 Å². The van der Waals surface area contributed by atoms with Crippen molar-refractivity contribution >= 4 is 55.4 Å². The lowest BCUT2D eigenvalue weighted by Crippen LogP contribution is -2.20. The standard InChI is InChI=1S/C54H36N2O/c1-32-43-31-49-44(39-20-9-12-25-48(39)57-49)30-45(43)52-38-19-6-5-16-34(38)26-27-41(52)50(32)54-53(55-46-23-10-11-24-47(46)56-54)42-22-13-17-35-29-36(28-33-14-3-2-4-15-33)37-18-7-8-21-40(37)51(35)42/h2-28,30-32,50H,29H2,1H3/b36-28-. The van der Waals surface area contributed by atoms with Crippen LogP contribution in [0.15, 0.2) is 174 Å².